The Bertz CT molecular complexity index is 391. The molecule has 0 saturated carbocycles. The lowest BCUT2D eigenvalue weighted by atomic mass is 10.1. The summed E-state index contributed by atoms with van der Waals surface area (Å²) in [4.78, 5) is 22.0. The van der Waals surface area contributed by atoms with E-state index in [0.29, 0.717) is 19.4 Å². The first-order valence-electron chi connectivity index (χ1n) is 9.15. The Labute approximate surface area is 145 Å². The summed E-state index contributed by atoms with van der Waals surface area (Å²) in [5, 5.41) is 19.9. The molecular formula is C19H34NO4+. The second-order valence-electron chi connectivity index (χ2n) is 6.09. The topological polar surface area (TPSA) is 91.2 Å². The Morgan fingerprint density at radius 3 is 2.38 bits per heavy atom. The summed E-state index contributed by atoms with van der Waals surface area (Å²) < 4.78 is 0. The molecule has 0 aliphatic rings. The van der Waals surface area contributed by atoms with Gasteiger partial charge in [-0.25, -0.2) is 4.79 Å². The van der Waals surface area contributed by atoms with Crippen molar-refractivity contribution in [2.75, 3.05) is 6.54 Å². The number of amides is 1. The van der Waals surface area contributed by atoms with E-state index in [9.17, 15) is 14.7 Å². The molecule has 0 bridgehead atoms. The maximum Gasteiger partial charge on any atom is 0.310 e. The summed E-state index contributed by atoms with van der Waals surface area (Å²) in [6, 6.07) is 0. The lowest BCUT2D eigenvalue weighted by molar-refractivity contribution is -0.559. The fraction of sp³-hybridized carbons (Fsp3) is 0.684. The average Bonchev–Trinajstić information content (AvgIpc) is 2.54. The zero-order valence-electron chi connectivity index (χ0n) is 15.0. The Balaban J connectivity index is 3.54. The van der Waals surface area contributed by atoms with Gasteiger partial charge in [0.25, 0.3) is 0 Å². The van der Waals surface area contributed by atoms with Gasteiger partial charge in [-0.3, -0.25) is 10.1 Å². The molecule has 0 aromatic heterocycles. The number of aliphatic hydroxyl groups is 1. The SMILES string of the molecule is CCCCCC(O)C=CC=CC[NH2+]C(=O)CCCCCCC(=O)O. The normalized spacial score (nSPS) is 12.9. The van der Waals surface area contributed by atoms with Crippen LogP contribution < -0.4 is 5.32 Å². The van der Waals surface area contributed by atoms with Crippen molar-refractivity contribution in [3.8, 4) is 0 Å². The average molecular weight is 340 g/mol. The van der Waals surface area contributed by atoms with Crippen LogP contribution in [0.4, 0.5) is 0 Å². The number of hydrogen-bond acceptors (Lipinski definition) is 3. The van der Waals surface area contributed by atoms with Crippen molar-refractivity contribution in [1.82, 2.24) is 0 Å². The fourth-order valence-electron chi connectivity index (χ4n) is 2.28. The van der Waals surface area contributed by atoms with Crippen molar-refractivity contribution in [1.29, 1.82) is 0 Å². The molecule has 5 heteroatoms. The van der Waals surface area contributed by atoms with Gasteiger partial charge in [0.15, 0.2) is 0 Å². The highest BCUT2D eigenvalue weighted by Gasteiger charge is 2.04. The zero-order chi connectivity index (χ0) is 18.0. The van der Waals surface area contributed by atoms with Gasteiger partial charge in [-0.2, -0.15) is 0 Å². The predicted molar refractivity (Wildman–Crippen MR) is 95.6 cm³/mol. The van der Waals surface area contributed by atoms with E-state index in [1.54, 1.807) is 11.4 Å². The van der Waals surface area contributed by atoms with Crippen molar-refractivity contribution >= 4 is 11.9 Å². The van der Waals surface area contributed by atoms with Crippen molar-refractivity contribution in [3.63, 3.8) is 0 Å². The van der Waals surface area contributed by atoms with Gasteiger partial charge in [-0.1, -0.05) is 57.3 Å². The Morgan fingerprint density at radius 1 is 1.00 bits per heavy atom. The number of primary amides is 1. The number of nitrogens with two attached hydrogens (primary N) is 1. The van der Waals surface area contributed by atoms with Crippen LogP contribution in [0.5, 0.6) is 0 Å². The van der Waals surface area contributed by atoms with E-state index in [1.165, 1.54) is 0 Å². The number of hydrogen-bond donors (Lipinski definition) is 3. The summed E-state index contributed by atoms with van der Waals surface area (Å²) in [6.07, 6.45) is 15.2. The molecule has 0 radical (unpaired) electrons. The summed E-state index contributed by atoms with van der Waals surface area (Å²) >= 11 is 0. The molecule has 1 amide bonds. The van der Waals surface area contributed by atoms with Crippen molar-refractivity contribution in [3.05, 3.63) is 24.3 Å². The molecule has 0 aromatic carbocycles. The van der Waals surface area contributed by atoms with Crippen molar-refractivity contribution in [2.24, 2.45) is 0 Å². The van der Waals surface area contributed by atoms with Crippen LogP contribution in [0.3, 0.4) is 0 Å². The molecule has 0 fully saturated rings. The van der Waals surface area contributed by atoms with Gasteiger partial charge in [0.05, 0.1) is 12.5 Å². The fourth-order valence-corrected chi connectivity index (χ4v) is 2.28. The number of aliphatic carboxylic acids is 1. The third-order valence-electron chi connectivity index (χ3n) is 3.73. The molecule has 1 atom stereocenters. The quantitative estimate of drug-likeness (QED) is 0.316. The monoisotopic (exact) mass is 340 g/mol. The highest BCUT2D eigenvalue weighted by Crippen LogP contribution is 2.05. The van der Waals surface area contributed by atoms with Crippen LogP contribution in [0.25, 0.3) is 0 Å². The number of aliphatic hydroxyl groups excluding tert-OH is 1. The number of carboxylic acids is 1. The number of quaternary nitrogens is 1. The minimum absolute atomic E-state index is 0.140. The van der Waals surface area contributed by atoms with Gasteiger partial charge in [-0.15, -0.1) is 0 Å². The Kier molecular flexibility index (Phi) is 15.4. The lowest BCUT2D eigenvalue weighted by Gasteiger charge is -2.03. The van der Waals surface area contributed by atoms with E-state index < -0.39 is 5.97 Å². The van der Waals surface area contributed by atoms with Crippen LogP contribution in [-0.2, 0) is 9.59 Å². The maximum absolute atomic E-state index is 11.6. The summed E-state index contributed by atoms with van der Waals surface area (Å²) in [6.45, 7) is 2.75. The zero-order valence-corrected chi connectivity index (χ0v) is 15.0. The number of carboxylic acid groups (broad SMARTS) is 1. The Morgan fingerprint density at radius 2 is 1.71 bits per heavy atom. The summed E-state index contributed by atoms with van der Waals surface area (Å²) in [5.41, 5.74) is 0. The van der Waals surface area contributed by atoms with Gasteiger partial charge >= 0.3 is 11.9 Å². The molecule has 0 saturated heterocycles. The number of unbranched alkanes of at least 4 members (excludes halogenated alkanes) is 5. The largest absolute Gasteiger partial charge is 0.481 e. The van der Waals surface area contributed by atoms with Crippen LogP contribution in [-0.4, -0.2) is 34.7 Å². The lowest BCUT2D eigenvalue weighted by Crippen LogP contribution is -2.87. The van der Waals surface area contributed by atoms with Gasteiger partial charge in [-0.05, 0) is 25.3 Å². The van der Waals surface area contributed by atoms with E-state index in [0.717, 1.165) is 44.9 Å². The van der Waals surface area contributed by atoms with Gasteiger partial charge in [0.1, 0.15) is 6.54 Å². The number of carbonyl (C=O) groups is 2. The standard InChI is InChI=1S/C19H33NO4/c1-2-3-7-12-17(21)13-8-6-11-16-20-18(22)14-9-4-5-10-15-19(23)24/h6,8,11,13,17,21H,2-5,7,9-10,12,14-16H2,1H3,(H,20,22)(H,23,24)/p+1. The van der Waals surface area contributed by atoms with E-state index >= 15 is 0 Å². The molecule has 0 aliphatic heterocycles. The summed E-state index contributed by atoms with van der Waals surface area (Å²) in [5.74, 6) is -0.616. The first-order valence-corrected chi connectivity index (χ1v) is 9.15. The predicted octanol–water partition coefficient (Wildman–Crippen LogP) is 2.56. The second kappa shape index (κ2) is 16.4. The highest BCUT2D eigenvalue weighted by atomic mass is 16.4. The highest BCUT2D eigenvalue weighted by molar-refractivity contribution is 5.66. The van der Waals surface area contributed by atoms with Crippen LogP contribution in [0, 0.1) is 0 Å². The minimum Gasteiger partial charge on any atom is -0.481 e. The van der Waals surface area contributed by atoms with Crippen LogP contribution in [0.15, 0.2) is 24.3 Å². The maximum atomic E-state index is 11.6. The van der Waals surface area contributed by atoms with Crippen molar-refractivity contribution < 1.29 is 25.1 Å². The first kappa shape index (κ1) is 22.5. The van der Waals surface area contributed by atoms with Crippen molar-refractivity contribution in [2.45, 2.75) is 77.2 Å². The second-order valence-corrected chi connectivity index (χ2v) is 6.09. The van der Waals surface area contributed by atoms with Gasteiger partial charge in [0.2, 0.25) is 0 Å². The molecule has 138 valence electrons. The third-order valence-corrected chi connectivity index (χ3v) is 3.73. The van der Waals surface area contributed by atoms with Crippen LogP contribution in [0.2, 0.25) is 0 Å². The molecule has 24 heavy (non-hydrogen) atoms. The van der Waals surface area contributed by atoms with Crippen LogP contribution >= 0.6 is 0 Å². The van der Waals surface area contributed by atoms with Crippen LogP contribution in [0.1, 0.15) is 71.1 Å². The summed E-state index contributed by atoms with van der Waals surface area (Å²) in [7, 11) is 0. The van der Waals surface area contributed by atoms with E-state index in [2.05, 4.69) is 6.92 Å². The molecule has 0 rings (SSSR count). The van der Waals surface area contributed by atoms with E-state index in [4.69, 9.17) is 5.11 Å². The number of carbonyl (C=O) groups excluding carboxylic acids is 1. The third kappa shape index (κ3) is 16.9. The molecule has 5 nitrogen and oxygen atoms in total. The van der Waals surface area contributed by atoms with E-state index in [1.807, 2.05) is 18.2 Å². The Hall–Kier alpha value is -1.46. The molecule has 4 N–H and O–H groups in total. The molecule has 0 spiro atoms. The van der Waals surface area contributed by atoms with Gasteiger partial charge < -0.3 is 10.2 Å². The molecule has 1 unspecified atom stereocenters. The minimum atomic E-state index is -0.756. The first-order chi connectivity index (χ1) is 11.6. The number of rotatable bonds is 15. The van der Waals surface area contributed by atoms with E-state index in [-0.39, 0.29) is 18.4 Å². The number of allylic oxidation sites excluding steroid dienone is 2. The molecule has 0 heterocycles. The smallest absolute Gasteiger partial charge is 0.310 e. The molecule has 0 aliphatic carbocycles. The molecule has 0 aromatic rings. The molecular weight excluding hydrogens is 306 g/mol. The van der Waals surface area contributed by atoms with Gasteiger partial charge in [0, 0.05) is 6.42 Å².